The Kier molecular flexibility index (Phi) is 4.59. The van der Waals surface area contributed by atoms with Crippen molar-refractivity contribution in [2.45, 2.75) is 20.3 Å². The van der Waals surface area contributed by atoms with Gasteiger partial charge in [-0.1, -0.05) is 26.0 Å². The molecule has 0 aliphatic rings. The molecule has 0 aliphatic heterocycles. The molecular formula is C9H17NO. The molecule has 0 spiro atoms. The van der Waals surface area contributed by atoms with E-state index in [1.807, 2.05) is 19.1 Å². The van der Waals surface area contributed by atoms with Gasteiger partial charge in [0.25, 0.3) is 0 Å². The van der Waals surface area contributed by atoms with Gasteiger partial charge in [-0.2, -0.15) is 0 Å². The van der Waals surface area contributed by atoms with Crippen LogP contribution in [0.2, 0.25) is 0 Å². The second kappa shape index (κ2) is 4.94. The highest BCUT2D eigenvalue weighted by Gasteiger charge is 2.09. The Labute approximate surface area is 68.9 Å². The Hall–Kier alpha value is -0.790. The van der Waals surface area contributed by atoms with Crippen molar-refractivity contribution < 1.29 is 4.79 Å². The molecule has 0 radical (unpaired) electrons. The fourth-order valence-electron chi connectivity index (χ4n) is 0.830. The number of hydrogen-bond donors (Lipinski definition) is 0. The van der Waals surface area contributed by atoms with Gasteiger partial charge in [0.15, 0.2) is 0 Å². The van der Waals surface area contributed by atoms with E-state index < -0.39 is 0 Å². The van der Waals surface area contributed by atoms with Crippen molar-refractivity contribution in [1.82, 2.24) is 4.90 Å². The lowest BCUT2D eigenvalue weighted by Crippen LogP contribution is -2.26. The quantitative estimate of drug-likeness (QED) is 0.568. The Morgan fingerprint density at radius 1 is 1.55 bits per heavy atom. The molecule has 0 fully saturated rings. The maximum atomic E-state index is 11.2. The Morgan fingerprint density at radius 2 is 2.09 bits per heavy atom. The van der Waals surface area contributed by atoms with E-state index in [0.717, 1.165) is 6.42 Å². The summed E-state index contributed by atoms with van der Waals surface area (Å²) in [6.07, 6.45) is 4.96. The van der Waals surface area contributed by atoms with E-state index in [0.29, 0.717) is 0 Å². The van der Waals surface area contributed by atoms with Gasteiger partial charge in [-0.05, 0) is 6.42 Å². The Morgan fingerprint density at radius 3 is 2.45 bits per heavy atom. The van der Waals surface area contributed by atoms with Gasteiger partial charge in [-0.3, -0.25) is 4.79 Å². The van der Waals surface area contributed by atoms with Gasteiger partial charge in [0, 0.05) is 14.1 Å². The van der Waals surface area contributed by atoms with Gasteiger partial charge < -0.3 is 4.90 Å². The minimum absolute atomic E-state index is 0.0185. The van der Waals surface area contributed by atoms with Crippen molar-refractivity contribution in [3.8, 4) is 0 Å². The molecule has 0 aromatic heterocycles. The number of nitrogens with zero attached hydrogens (tertiary/aromatic N) is 1. The summed E-state index contributed by atoms with van der Waals surface area (Å²) in [6.45, 7) is 3.97. The van der Waals surface area contributed by atoms with Gasteiger partial charge >= 0.3 is 0 Å². The maximum absolute atomic E-state index is 11.2. The van der Waals surface area contributed by atoms with Gasteiger partial charge in [0.2, 0.25) is 5.91 Å². The lowest BCUT2D eigenvalue weighted by atomic mass is 10.1. The molecule has 0 bridgehead atoms. The van der Waals surface area contributed by atoms with E-state index >= 15 is 0 Å². The predicted octanol–water partition coefficient (Wildman–Crippen LogP) is 1.68. The van der Waals surface area contributed by atoms with E-state index in [4.69, 9.17) is 0 Å². The normalized spacial score (nSPS) is 13.5. The zero-order valence-electron chi connectivity index (χ0n) is 7.79. The third kappa shape index (κ3) is 3.81. The third-order valence-corrected chi connectivity index (χ3v) is 1.49. The molecule has 0 heterocycles. The fourth-order valence-corrected chi connectivity index (χ4v) is 0.830. The monoisotopic (exact) mass is 155 g/mol. The van der Waals surface area contributed by atoms with Gasteiger partial charge in [-0.25, -0.2) is 0 Å². The Balaban J connectivity index is 3.93. The summed E-state index contributed by atoms with van der Waals surface area (Å²) in [5.41, 5.74) is 0. The Bertz CT molecular complexity index is 150. The molecule has 0 saturated heterocycles. The minimum Gasteiger partial charge on any atom is -0.348 e. The molecule has 0 aromatic carbocycles. The van der Waals surface area contributed by atoms with Crippen molar-refractivity contribution in [2.75, 3.05) is 14.1 Å². The van der Waals surface area contributed by atoms with Crippen molar-refractivity contribution in [1.29, 1.82) is 0 Å². The van der Waals surface area contributed by atoms with Crippen LogP contribution >= 0.6 is 0 Å². The van der Waals surface area contributed by atoms with E-state index in [1.54, 1.807) is 19.0 Å². The van der Waals surface area contributed by atoms with Crippen LogP contribution in [0.15, 0.2) is 12.2 Å². The van der Waals surface area contributed by atoms with Crippen LogP contribution in [0.3, 0.4) is 0 Å². The van der Waals surface area contributed by atoms with E-state index in [9.17, 15) is 4.79 Å². The van der Waals surface area contributed by atoms with Gasteiger partial charge in [0.1, 0.15) is 0 Å². The summed E-state index contributed by atoms with van der Waals surface area (Å²) in [7, 11) is 3.55. The summed E-state index contributed by atoms with van der Waals surface area (Å²) in [5.74, 6) is 0.180. The number of carbonyl (C=O) groups is 1. The second-order valence-corrected chi connectivity index (χ2v) is 2.86. The van der Waals surface area contributed by atoms with Crippen LogP contribution in [0, 0.1) is 5.92 Å². The first-order valence-electron chi connectivity index (χ1n) is 3.97. The molecule has 2 heteroatoms. The number of hydrogen-bond acceptors (Lipinski definition) is 1. The van der Waals surface area contributed by atoms with Gasteiger partial charge in [-0.15, -0.1) is 0 Å². The maximum Gasteiger partial charge on any atom is 0.228 e. The number of allylic oxidation sites excluding steroid dienone is 1. The summed E-state index contributed by atoms with van der Waals surface area (Å²) >= 11 is 0. The van der Waals surface area contributed by atoms with Crippen molar-refractivity contribution in [3.63, 3.8) is 0 Å². The van der Waals surface area contributed by atoms with Crippen LogP contribution in [0.4, 0.5) is 0 Å². The van der Waals surface area contributed by atoms with Crippen molar-refractivity contribution in [2.24, 2.45) is 5.92 Å². The standard InChI is InChI=1S/C9H17NO/c1-5-6-7-8(2)9(11)10(3)4/h6-8H,5H2,1-4H3. The summed E-state index contributed by atoms with van der Waals surface area (Å²) in [5, 5.41) is 0. The highest BCUT2D eigenvalue weighted by Crippen LogP contribution is 2.01. The third-order valence-electron chi connectivity index (χ3n) is 1.49. The first kappa shape index (κ1) is 10.2. The summed E-state index contributed by atoms with van der Waals surface area (Å²) in [4.78, 5) is 12.8. The number of carbonyl (C=O) groups excluding carboxylic acids is 1. The molecule has 0 saturated carbocycles. The molecule has 64 valence electrons. The molecule has 1 amide bonds. The topological polar surface area (TPSA) is 20.3 Å². The molecule has 1 atom stereocenters. The van der Waals surface area contributed by atoms with E-state index in [2.05, 4.69) is 6.92 Å². The van der Waals surface area contributed by atoms with E-state index in [1.165, 1.54) is 0 Å². The summed E-state index contributed by atoms with van der Waals surface area (Å²) in [6, 6.07) is 0. The van der Waals surface area contributed by atoms with Crippen LogP contribution in [0.5, 0.6) is 0 Å². The molecular weight excluding hydrogens is 138 g/mol. The highest BCUT2D eigenvalue weighted by molar-refractivity contribution is 5.79. The number of rotatable bonds is 3. The lowest BCUT2D eigenvalue weighted by Gasteiger charge is -2.13. The van der Waals surface area contributed by atoms with Crippen molar-refractivity contribution >= 4 is 5.91 Å². The van der Waals surface area contributed by atoms with Crippen LogP contribution in [-0.2, 0) is 4.79 Å². The molecule has 2 nitrogen and oxygen atoms in total. The minimum atomic E-state index is 0.0185. The first-order chi connectivity index (χ1) is 5.09. The highest BCUT2D eigenvalue weighted by atomic mass is 16.2. The molecule has 0 aromatic rings. The van der Waals surface area contributed by atoms with E-state index in [-0.39, 0.29) is 11.8 Å². The molecule has 0 N–H and O–H groups in total. The second-order valence-electron chi connectivity index (χ2n) is 2.86. The summed E-state index contributed by atoms with van der Waals surface area (Å²) < 4.78 is 0. The van der Waals surface area contributed by atoms with Crippen LogP contribution < -0.4 is 0 Å². The molecule has 0 aliphatic carbocycles. The zero-order chi connectivity index (χ0) is 8.85. The van der Waals surface area contributed by atoms with Crippen LogP contribution in [-0.4, -0.2) is 24.9 Å². The zero-order valence-corrected chi connectivity index (χ0v) is 7.79. The van der Waals surface area contributed by atoms with Crippen LogP contribution in [0.25, 0.3) is 0 Å². The lowest BCUT2D eigenvalue weighted by molar-refractivity contribution is -0.130. The average Bonchev–Trinajstić information content (AvgIpc) is 1.98. The average molecular weight is 155 g/mol. The first-order valence-corrected chi connectivity index (χ1v) is 3.97. The SMILES string of the molecule is CCC=CC(C)C(=O)N(C)C. The largest absolute Gasteiger partial charge is 0.348 e. The molecule has 1 unspecified atom stereocenters. The number of amides is 1. The molecule has 0 rings (SSSR count). The molecule has 11 heavy (non-hydrogen) atoms. The van der Waals surface area contributed by atoms with Crippen molar-refractivity contribution in [3.05, 3.63) is 12.2 Å². The van der Waals surface area contributed by atoms with Crippen LogP contribution in [0.1, 0.15) is 20.3 Å². The predicted molar refractivity (Wildman–Crippen MR) is 47.3 cm³/mol. The van der Waals surface area contributed by atoms with Gasteiger partial charge in [0.05, 0.1) is 5.92 Å². The fraction of sp³-hybridized carbons (Fsp3) is 0.667. The smallest absolute Gasteiger partial charge is 0.228 e.